The molecule has 0 radical (unpaired) electrons. The van der Waals surface area contributed by atoms with E-state index < -0.39 is 18.6 Å². The van der Waals surface area contributed by atoms with Gasteiger partial charge in [0, 0.05) is 6.42 Å². The van der Waals surface area contributed by atoms with Crippen LogP contribution >= 0.6 is 0 Å². The van der Waals surface area contributed by atoms with Crippen molar-refractivity contribution in [1.82, 2.24) is 9.97 Å². The third-order valence-corrected chi connectivity index (χ3v) is 2.29. The first-order valence-corrected chi connectivity index (χ1v) is 5.59. The van der Waals surface area contributed by atoms with E-state index in [1.54, 1.807) is 13.8 Å². The monoisotopic (exact) mass is 262 g/mol. The molecule has 7 heteroatoms. The van der Waals surface area contributed by atoms with E-state index in [1.807, 2.05) is 0 Å². The molecule has 102 valence electrons. The number of hydrogen-bond acceptors (Lipinski definition) is 4. The topological polar surface area (TPSA) is 75.2 Å². The largest absolute Gasteiger partial charge is 0.493 e. The molecule has 0 spiro atoms. The molecule has 0 bridgehead atoms. The smallest absolute Gasteiger partial charge is 0.261 e. The van der Waals surface area contributed by atoms with Crippen molar-refractivity contribution in [2.24, 2.45) is 0 Å². The van der Waals surface area contributed by atoms with Crippen LogP contribution in [0, 0.1) is 0 Å². The Morgan fingerprint density at radius 2 is 2.11 bits per heavy atom. The molecule has 2 N–H and O–H groups in total. The van der Waals surface area contributed by atoms with Gasteiger partial charge in [0.2, 0.25) is 5.88 Å². The van der Waals surface area contributed by atoms with Crippen LogP contribution in [-0.4, -0.2) is 34.7 Å². The Balaban J connectivity index is 2.66. The number of aromatic amines is 1. The lowest BCUT2D eigenvalue weighted by atomic mass is 10.1. The number of rotatable bonds is 6. The van der Waals surface area contributed by atoms with E-state index in [2.05, 4.69) is 14.7 Å². The predicted molar refractivity (Wildman–Crippen MR) is 61.1 cm³/mol. The third-order valence-electron chi connectivity index (χ3n) is 2.29. The van der Waals surface area contributed by atoms with Crippen molar-refractivity contribution < 1.29 is 18.6 Å². The Bertz CT molecular complexity index is 446. The van der Waals surface area contributed by atoms with E-state index in [1.165, 1.54) is 0 Å². The quantitative estimate of drug-likeness (QED) is 0.760. The number of alkyl halides is 2. The number of ether oxygens (including phenoxy) is 1. The summed E-state index contributed by atoms with van der Waals surface area (Å²) in [6, 6.07) is 0. The number of halogens is 2. The number of hydrogen-bond donors (Lipinski definition) is 2. The zero-order valence-electron chi connectivity index (χ0n) is 10.2. The van der Waals surface area contributed by atoms with Crippen molar-refractivity contribution in [3.05, 3.63) is 21.7 Å². The maximum Gasteiger partial charge on any atom is 0.261 e. The molecule has 0 atom stereocenters. The van der Waals surface area contributed by atoms with E-state index in [4.69, 9.17) is 0 Å². The average Bonchev–Trinajstić information content (AvgIpc) is 2.22. The minimum atomic E-state index is -2.52. The van der Waals surface area contributed by atoms with Crippen molar-refractivity contribution >= 4 is 0 Å². The lowest BCUT2D eigenvalue weighted by Crippen LogP contribution is -2.19. The minimum Gasteiger partial charge on any atom is -0.493 e. The van der Waals surface area contributed by atoms with Gasteiger partial charge in [-0.15, -0.1) is 0 Å². The summed E-state index contributed by atoms with van der Waals surface area (Å²) in [7, 11) is 0. The van der Waals surface area contributed by atoms with E-state index in [-0.39, 0.29) is 36.2 Å². The Morgan fingerprint density at radius 3 is 2.61 bits per heavy atom. The highest BCUT2D eigenvalue weighted by molar-refractivity contribution is 5.25. The van der Waals surface area contributed by atoms with Crippen LogP contribution in [0.1, 0.15) is 31.2 Å². The number of H-pyrrole nitrogens is 1. The van der Waals surface area contributed by atoms with Crippen molar-refractivity contribution in [1.29, 1.82) is 0 Å². The second-order valence-corrected chi connectivity index (χ2v) is 4.12. The van der Waals surface area contributed by atoms with Crippen LogP contribution in [0.4, 0.5) is 8.78 Å². The SMILES string of the molecule is CC(C)c1c(O)nc(CCOCC(F)F)[nH]c1=O. The lowest BCUT2D eigenvalue weighted by molar-refractivity contribution is 0.0182. The van der Waals surface area contributed by atoms with Gasteiger partial charge in [0.1, 0.15) is 12.4 Å². The van der Waals surface area contributed by atoms with E-state index in [0.717, 1.165) is 0 Å². The number of nitrogens with one attached hydrogen (secondary N) is 1. The Labute approximate surface area is 103 Å². The number of aromatic hydroxyl groups is 1. The molecular weight excluding hydrogens is 246 g/mol. The molecule has 18 heavy (non-hydrogen) atoms. The van der Waals surface area contributed by atoms with Crippen LogP contribution in [0.5, 0.6) is 5.88 Å². The summed E-state index contributed by atoms with van der Waals surface area (Å²) in [4.78, 5) is 17.9. The van der Waals surface area contributed by atoms with E-state index in [0.29, 0.717) is 0 Å². The molecule has 1 aromatic rings. The van der Waals surface area contributed by atoms with Crippen LogP contribution in [0.2, 0.25) is 0 Å². The normalized spacial score (nSPS) is 11.4. The van der Waals surface area contributed by atoms with Gasteiger partial charge in [-0.05, 0) is 5.92 Å². The second kappa shape index (κ2) is 6.44. The molecule has 0 fully saturated rings. The third kappa shape index (κ3) is 4.06. The fourth-order valence-corrected chi connectivity index (χ4v) is 1.50. The van der Waals surface area contributed by atoms with Crippen LogP contribution in [-0.2, 0) is 11.2 Å². The van der Waals surface area contributed by atoms with Crippen LogP contribution < -0.4 is 5.56 Å². The highest BCUT2D eigenvalue weighted by Gasteiger charge is 2.13. The molecule has 1 aromatic heterocycles. The molecule has 0 unspecified atom stereocenters. The molecule has 0 saturated carbocycles. The Kier molecular flexibility index (Phi) is 5.21. The van der Waals surface area contributed by atoms with Gasteiger partial charge in [0.25, 0.3) is 12.0 Å². The molecule has 0 amide bonds. The first-order chi connectivity index (χ1) is 8.41. The van der Waals surface area contributed by atoms with Gasteiger partial charge >= 0.3 is 0 Å². The first-order valence-electron chi connectivity index (χ1n) is 5.59. The molecule has 0 aliphatic heterocycles. The minimum absolute atomic E-state index is 0.00768. The summed E-state index contributed by atoms with van der Waals surface area (Å²) in [5.74, 6) is -0.251. The molecular formula is C11H16F2N2O3. The standard InChI is InChI=1S/C11H16F2N2O3/c1-6(2)9-10(16)14-8(15-11(9)17)3-4-18-5-7(12)13/h6-7H,3-5H2,1-2H3,(H2,14,15,16,17). The van der Waals surface area contributed by atoms with Crippen molar-refractivity contribution in [2.45, 2.75) is 32.6 Å². The second-order valence-electron chi connectivity index (χ2n) is 4.12. The van der Waals surface area contributed by atoms with E-state index >= 15 is 0 Å². The fourth-order valence-electron chi connectivity index (χ4n) is 1.50. The predicted octanol–water partition coefficient (Wildman–Crippen LogP) is 1.42. The van der Waals surface area contributed by atoms with Gasteiger partial charge in [-0.2, -0.15) is 4.98 Å². The van der Waals surface area contributed by atoms with Crippen LogP contribution in [0.15, 0.2) is 4.79 Å². The summed E-state index contributed by atoms with van der Waals surface area (Å²) in [5.41, 5.74) is -0.200. The Hall–Kier alpha value is -1.50. The Morgan fingerprint density at radius 1 is 1.44 bits per heavy atom. The summed E-state index contributed by atoms with van der Waals surface area (Å²) in [5, 5.41) is 9.60. The molecule has 0 aliphatic carbocycles. The molecule has 1 rings (SSSR count). The van der Waals surface area contributed by atoms with Crippen LogP contribution in [0.25, 0.3) is 0 Å². The maximum atomic E-state index is 11.8. The van der Waals surface area contributed by atoms with Gasteiger partial charge in [0.15, 0.2) is 0 Å². The summed E-state index contributed by atoms with van der Waals surface area (Å²) in [6.45, 7) is 2.88. The lowest BCUT2D eigenvalue weighted by Gasteiger charge is -2.08. The zero-order chi connectivity index (χ0) is 13.7. The average molecular weight is 262 g/mol. The van der Waals surface area contributed by atoms with Crippen molar-refractivity contribution in [3.8, 4) is 5.88 Å². The maximum absolute atomic E-state index is 11.8. The van der Waals surface area contributed by atoms with Crippen molar-refractivity contribution in [2.75, 3.05) is 13.2 Å². The van der Waals surface area contributed by atoms with Crippen molar-refractivity contribution in [3.63, 3.8) is 0 Å². The summed E-state index contributed by atoms with van der Waals surface area (Å²) >= 11 is 0. The fraction of sp³-hybridized carbons (Fsp3) is 0.636. The molecule has 5 nitrogen and oxygen atoms in total. The summed E-state index contributed by atoms with van der Waals surface area (Å²) < 4.78 is 28.2. The van der Waals surface area contributed by atoms with Gasteiger partial charge in [-0.25, -0.2) is 8.78 Å². The van der Waals surface area contributed by atoms with E-state index in [9.17, 15) is 18.7 Å². The van der Waals surface area contributed by atoms with Crippen LogP contribution in [0.3, 0.4) is 0 Å². The number of aromatic nitrogens is 2. The summed E-state index contributed by atoms with van der Waals surface area (Å²) in [6.07, 6.45) is -2.36. The van der Waals surface area contributed by atoms with Gasteiger partial charge < -0.3 is 14.8 Å². The van der Waals surface area contributed by atoms with Gasteiger partial charge in [0.05, 0.1) is 12.2 Å². The molecule has 0 saturated heterocycles. The first kappa shape index (κ1) is 14.6. The molecule has 0 aliphatic rings. The van der Waals surface area contributed by atoms with Gasteiger partial charge in [-0.1, -0.05) is 13.8 Å². The zero-order valence-corrected chi connectivity index (χ0v) is 10.2. The van der Waals surface area contributed by atoms with Gasteiger partial charge in [-0.3, -0.25) is 4.79 Å². The number of nitrogens with zero attached hydrogens (tertiary/aromatic N) is 1. The highest BCUT2D eigenvalue weighted by atomic mass is 19.3. The molecule has 1 heterocycles. The highest BCUT2D eigenvalue weighted by Crippen LogP contribution is 2.18. The molecule has 0 aromatic carbocycles.